The van der Waals surface area contributed by atoms with Crippen LogP contribution in [0.25, 0.3) is 0 Å². The van der Waals surface area contributed by atoms with Crippen molar-refractivity contribution in [3.05, 3.63) is 33.3 Å². The van der Waals surface area contributed by atoms with E-state index in [0.717, 1.165) is 10.0 Å². The summed E-state index contributed by atoms with van der Waals surface area (Å²) < 4.78 is 6.14. The van der Waals surface area contributed by atoms with Gasteiger partial charge in [0.15, 0.2) is 6.10 Å². The molecule has 0 bridgehead atoms. The number of nitrogens with zero attached hydrogens (tertiary/aromatic N) is 1. The minimum Gasteiger partial charge on any atom is -0.479 e. The van der Waals surface area contributed by atoms with Gasteiger partial charge in [-0.1, -0.05) is 27.5 Å². The molecule has 98 valence electrons. The highest BCUT2D eigenvalue weighted by Crippen LogP contribution is 2.23. The van der Waals surface area contributed by atoms with Crippen molar-refractivity contribution in [3.8, 4) is 0 Å². The van der Waals surface area contributed by atoms with E-state index in [1.807, 2.05) is 23.1 Å². The molecule has 1 aromatic rings. The highest BCUT2D eigenvalue weighted by molar-refractivity contribution is 9.10. The Hall–Kier alpha value is -0.620. The maximum Gasteiger partial charge on any atom is 0.334 e. The first-order chi connectivity index (χ1) is 8.56. The van der Waals surface area contributed by atoms with Crippen LogP contribution in [-0.4, -0.2) is 41.8 Å². The molecule has 4 nitrogen and oxygen atoms in total. The Bertz CT molecular complexity index is 455. The number of morpholine rings is 1. The SMILES string of the molecule is O=C(O)C1CN(Cc2cc(Br)ccc2Cl)CCO1. The molecule has 0 saturated carbocycles. The van der Waals surface area contributed by atoms with Gasteiger partial charge in [0.2, 0.25) is 0 Å². The fraction of sp³-hybridized carbons (Fsp3) is 0.417. The third-order valence-corrected chi connectivity index (χ3v) is 3.69. The van der Waals surface area contributed by atoms with Crippen LogP contribution in [0, 0.1) is 0 Å². The number of carbonyl (C=O) groups is 1. The fourth-order valence-corrected chi connectivity index (χ4v) is 2.49. The summed E-state index contributed by atoms with van der Waals surface area (Å²) in [6, 6.07) is 5.66. The molecule has 18 heavy (non-hydrogen) atoms. The summed E-state index contributed by atoms with van der Waals surface area (Å²) in [6.45, 7) is 2.17. The number of benzene rings is 1. The molecule has 0 radical (unpaired) electrons. The van der Waals surface area contributed by atoms with E-state index in [2.05, 4.69) is 15.9 Å². The quantitative estimate of drug-likeness (QED) is 0.922. The van der Waals surface area contributed by atoms with Crippen LogP contribution in [0.2, 0.25) is 5.02 Å². The summed E-state index contributed by atoms with van der Waals surface area (Å²) in [5, 5.41) is 9.63. The van der Waals surface area contributed by atoms with Gasteiger partial charge in [0.1, 0.15) is 0 Å². The summed E-state index contributed by atoms with van der Waals surface area (Å²) in [7, 11) is 0. The third-order valence-electron chi connectivity index (χ3n) is 2.83. The molecule has 6 heteroatoms. The van der Waals surface area contributed by atoms with E-state index in [0.29, 0.717) is 31.3 Å². The van der Waals surface area contributed by atoms with Crippen LogP contribution in [0.3, 0.4) is 0 Å². The molecule has 0 amide bonds. The molecular formula is C12H13BrClNO3. The predicted octanol–water partition coefficient (Wildman–Crippen LogP) is 2.39. The van der Waals surface area contributed by atoms with Gasteiger partial charge in [-0.3, -0.25) is 4.90 Å². The number of halogens is 2. The van der Waals surface area contributed by atoms with Gasteiger partial charge >= 0.3 is 5.97 Å². The average Bonchev–Trinajstić information content (AvgIpc) is 2.34. The van der Waals surface area contributed by atoms with Crippen LogP contribution in [0.5, 0.6) is 0 Å². The van der Waals surface area contributed by atoms with Gasteiger partial charge in [0, 0.05) is 29.1 Å². The Morgan fingerprint density at radius 2 is 2.39 bits per heavy atom. The lowest BCUT2D eigenvalue weighted by Gasteiger charge is -2.31. The van der Waals surface area contributed by atoms with Crippen LogP contribution in [-0.2, 0) is 16.1 Å². The second-order valence-corrected chi connectivity index (χ2v) is 5.49. The van der Waals surface area contributed by atoms with Crippen molar-refractivity contribution in [2.45, 2.75) is 12.6 Å². The molecular weight excluding hydrogens is 321 g/mol. The van der Waals surface area contributed by atoms with Gasteiger partial charge < -0.3 is 9.84 Å². The molecule has 1 aliphatic heterocycles. The molecule has 1 unspecified atom stereocenters. The Morgan fingerprint density at radius 1 is 1.61 bits per heavy atom. The molecule has 1 N–H and O–H groups in total. The van der Waals surface area contributed by atoms with Crippen LogP contribution in [0.1, 0.15) is 5.56 Å². The lowest BCUT2D eigenvalue weighted by molar-refractivity contribution is -0.156. The molecule has 1 saturated heterocycles. The number of carboxylic acid groups (broad SMARTS) is 1. The van der Waals surface area contributed by atoms with Gasteiger partial charge in [-0.05, 0) is 23.8 Å². The molecule has 0 aliphatic carbocycles. The first-order valence-electron chi connectivity index (χ1n) is 5.57. The van der Waals surface area contributed by atoms with Gasteiger partial charge in [-0.2, -0.15) is 0 Å². The van der Waals surface area contributed by atoms with E-state index < -0.39 is 12.1 Å². The number of ether oxygens (including phenoxy) is 1. The Labute approximate surface area is 119 Å². The Kier molecular flexibility index (Phi) is 4.61. The Balaban J connectivity index is 2.04. The van der Waals surface area contributed by atoms with E-state index in [9.17, 15) is 4.79 Å². The normalized spacial score (nSPS) is 20.9. The average molecular weight is 335 g/mol. The van der Waals surface area contributed by atoms with E-state index in [1.165, 1.54) is 0 Å². The molecule has 0 aromatic heterocycles. The third kappa shape index (κ3) is 3.45. The summed E-state index contributed by atoms with van der Waals surface area (Å²) in [5.41, 5.74) is 0.983. The van der Waals surface area contributed by atoms with Gasteiger partial charge in [-0.15, -0.1) is 0 Å². The van der Waals surface area contributed by atoms with Crippen LogP contribution in [0.4, 0.5) is 0 Å². The van der Waals surface area contributed by atoms with Crippen LogP contribution < -0.4 is 0 Å². The second kappa shape index (κ2) is 6.02. The van der Waals surface area contributed by atoms with Gasteiger partial charge in [0.05, 0.1) is 6.61 Å². The van der Waals surface area contributed by atoms with Crippen LogP contribution in [0.15, 0.2) is 22.7 Å². The molecule has 1 atom stereocenters. The maximum atomic E-state index is 10.9. The highest BCUT2D eigenvalue weighted by atomic mass is 79.9. The van der Waals surface area contributed by atoms with Crippen molar-refractivity contribution in [2.75, 3.05) is 19.7 Å². The summed E-state index contributed by atoms with van der Waals surface area (Å²) in [5.74, 6) is -0.917. The monoisotopic (exact) mass is 333 g/mol. The van der Waals surface area contributed by atoms with Gasteiger partial charge in [0.25, 0.3) is 0 Å². The highest BCUT2D eigenvalue weighted by Gasteiger charge is 2.26. The summed E-state index contributed by atoms with van der Waals surface area (Å²) in [4.78, 5) is 12.9. The standard InChI is InChI=1S/C12H13BrClNO3/c13-9-1-2-10(14)8(5-9)6-15-3-4-18-11(7-15)12(16)17/h1-2,5,11H,3-4,6-7H2,(H,16,17). The van der Waals surface area contributed by atoms with E-state index in [-0.39, 0.29) is 0 Å². The molecule has 0 spiro atoms. The minimum absolute atomic E-state index is 0.387. The lowest BCUT2D eigenvalue weighted by Crippen LogP contribution is -2.45. The lowest BCUT2D eigenvalue weighted by atomic mass is 10.2. The van der Waals surface area contributed by atoms with Crippen molar-refractivity contribution in [1.82, 2.24) is 4.90 Å². The zero-order valence-corrected chi connectivity index (χ0v) is 11.9. The summed E-state index contributed by atoms with van der Waals surface area (Å²) in [6.07, 6.45) is -0.746. The topological polar surface area (TPSA) is 49.8 Å². The summed E-state index contributed by atoms with van der Waals surface area (Å²) >= 11 is 9.52. The molecule has 1 aliphatic rings. The van der Waals surface area contributed by atoms with Crippen molar-refractivity contribution in [2.24, 2.45) is 0 Å². The number of rotatable bonds is 3. The van der Waals surface area contributed by atoms with Crippen molar-refractivity contribution in [3.63, 3.8) is 0 Å². The van der Waals surface area contributed by atoms with Gasteiger partial charge in [-0.25, -0.2) is 4.79 Å². The Morgan fingerprint density at radius 3 is 3.11 bits per heavy atom. The first kappa shape index (κ1) is 13.8. The zero-order chi connectivity index (χ0) is 13.1. The molecule has 1 heterocycles. The van der Waals surface area contributed by atoms with E-state index in [4.69, 9.17) is 21.4 Å². The van der Waals surface area contributed by atoms with E-state index >= 15 is 0 Å². The van der Waals surface area contributed by atoms with E-state index in [1.54, 1.807) is 0 Å². The van der Waals surface area contributed by atoms with Crippen LogP contribution >= 0.6 is 27.5 Å². The smallest absolute Gasteiger partial charge is 0.334 e. The van der Waals surface area contributed by atoms with Crippen molar-refractivity contribution >= 4 is 33.5 Å². The minimum atomic E-state index is -0.917. The van der Waals surface area contributed by atoms with Crippen molar-refractivity contribution < 1.29 is 14.6 Å². The first-order valence-corrected chi connectivity index (χ1v) is 6.74. The maximum absolute atomic E-state index is 10.9. The second-order valence-electron chi connectivity index (χ2n) is 4.17. The molecule has 1 aromatic carbocycles. The molecule has 1 fully saturated rings. The number of hydrogen-bond acceptors (Lipinski definition) is 3. The number of aliphatic carboxylic acids is 1. The fourth-order valence-electron chi connectivity index (χ4n) is 1.90. The predicted molar refractivity (Wildman–Crippen MR) is 71.8 cm³/mol. The van der Waals surface area contributed by atoms with Crippen molar-refractivity contribution in [1.29, 1.82) is 0 Å². The number of hydrogen-bond donors (Lipinski definition) is 1. The zero-order valence-electron chi connectivity index (χ0n) is 9.60. The number of carboxylic acids is 1. The molecule has 2 rings (SSSR count). The largest absolute Gasteiger partial charge is 0.479 e.